The zero-order chi connectivity index (χ0) is 14.2. The van der Waals surface area contributed by atoms with Crippen molar-refractivity contribution in [1.82, 2.24) is 0 Å². The highest BCUT2D eigenvalue weighted by Crippen LogP contribution is 2.46. The highest BCUT2D eigenvalue weighted by atomic mass is 35.5. The molecule has 1 aliphatic carbocycles. The van der Waals surface area contributed by atoms with E-state index in [2.05, 4.69) is 12.2 Å². The molecule has 0 spiro atoms. The SMILES string of the molecule is CC1CC(C(=O)Nc2ccc(Cl)c(Cl)c2)(C(N)=S)C1. The minimum atomic E-state index is -0.721. The number of halogens is 2. The van der Waals surface area contributed by atoms with E-state index in [9.17, 15) is 4.79 Å². The van der Waals surface area contributed by atoms with Crippen molar-refractivity contribution in [1.29, 1.82) is 0 Å². The molecule has 0 heterocycles. The van der Waals surface area contributed by atoms with Gasteiger partial charge in [0, 0.05) is 5.69 Å². The van der Waals surface area contributed by atoms with Gasteiger partial charge in [-0.15, -0.1) is 0 Å². The zero-order valence-corrected chi connectivity index (χ0v) is 12.7. The van der Waals surface area contributed by atoms with Gasteiger partial charge in [-0.25, -0.2) is 0 Å². The molecular weight excluding hydrogens is 303 g/mol. The second-order valence-corrected chi connectivity index (χ2v) is 6.30. The van der Waals surface area contributed by atoms with Crippen molar-refractivity contribution < 1.29 is 4.79 Å². The summed E-state index contributed by atoms with van der Waals surface area (Å²) in [5, 5.41) is 3.64. The minimum Gasteiger partial charge on any atom is -0.392 e. The van der Waals surface area contributed by atoms with Gasteiger partial charge in [0.2, 0.25) is 5.91 Å². The quantitative estimate of drug-likeness (QED) is 0.837. The largest absolute Gasteiger partial charge is 0.392 e. The molecule has 0 aromatic heterocycles. The number of hydrogen-bond donors (Lipinski definition) is 2. The highest BCUT2D eigenvalue weighted by molar-refractivity contribution is 7.80. The summed E-state index contributed by atoms with van der Waals surface area (Å²) >= 11 is 16.8. The van der Waals surface area contributed by atoms with Gasteiger partial charge in [-0.3, -0.25) is 4.79 Å². The fourth-order valence-corrected chi connectivity index (χ4v) is 3.01. The average molecular weight is 317 g/mol. The van der Waals surface area contributed by atoms with Gasteiger partial charge < -0.3 is 11.1 Å². The number of carbonyl (C=O) groups is 1. The van der Waals surface area contributed by atoms with Gasteiger partial charge >= 0.3 is 0 Å². The van der Waals surface area contributed by atoms with E-state index in [0.29, 0.717) is 34.5 Å². The normalized spacial score (nSPS) is 25.5. The van der Waals surface area contributed by atoms with Crippen molar-refractivity contribution in [2.45, 2.75) is 19.8 Å². The molecule has 1 saturated carbocycles. The van der Waals surface area contributed by atoms with Crippen LogP contribution in [0.15, 0.2) is 18.2 Å². The third-order valence-electron chi connectivity index (χ3n) is 3.48. The van der Waals surface area contributed by atoms with Gasteiger partial charge in [0.25, 0.3) is 0 Å². The van der Waals surface area contributed by atoms with E-state index in [-0.39, 0.29) is 10.9 Å². The Labute approximate surface area is 127 Å². The lowest BCUT2D eigenvalue weighted by molar-refractivity contribution is -0.127. The van der Waals surface area contributed by atoms with Crippen LogP contribution < -0.4 is 11.1 Å². The minimum absolute atomic E-state index is 0.170. The molecule has 1 aromatic carbocycles. The molecule has 3 N–H and O–H groups in total. The number of nitrogens with two attached hydrogens (primary N) is 1. The molecule has 19 heavy (non-hydrogen) atoms. The van der Waals surface area contributed by atoms with Crippen molar-refractivity contribution in [3.8, 4) is 0 Å². The number of carbonyl (C=O) groups excluding carboxylic acids is 1. The van der Waals surface area contributed by atoms with E-state index in [1.165, 1.54) is 0 Å². The van der Waals surface area contributed by atoms with E-state index < -0.39 is 5.41 Å². The number of thiocarbonyl (C=S) groups is 1. The van der Waals surface area contributed by atoms with Crippen LogP contribution in [0.25, 0.3) is 0 Å². The van der Waals surface area contributed by atoms with Gasteiger partial charge in [0.05, 0.1) is 20.4 Å². The van der Waals surface area contributed by atoms with Crippen LogP contribution in [0.2, 0.25) is 10.0 Å². The summed E-state index contributed by atoms with van der Waals surface area (Å²) in [6.07, 6.45) is 1.38. The maximum atomic E-state index is 12.3. The summed E-state index contributed by atoms with van der Waals surface area (Å²) in [6.45, 7) is 2.07. The van der Waals surface area contributed by atoms with Crippen LogP contribution in [0.1, 0.15) is 19.8 Å². The summed E-state index contributed by atoms with van der Waals surface area (Å²) in [5.74, 6) is 0.289. The van der Waals surface area contributed by atoms with Crippen LogP contribution >= 0.6 is 35.4 Å². The van der Waals surface area contributed by atoms with Crippen molar-refractivity contribution in [3.05, 3.63) is 28.2 Å². The lowest BCUT2D eigenvalue weighted by Gasteiger charge is -2.44. The second-order valence-electron chi connectivity index (χ2n) is 5.04. The molecule has 2 rings (SSSR count). The molecule has 3 nitrogen and oxygen atoms in total. The third-order valence-corrected chi connectivity index (χ3v) is 4.61. The molecule has 0 aliphatic heterocycles. The number of hydrogen-bond acceptors (Lipinski definition) is 2. The molecule has 0 radical (unpaired) electrons. The standard InChI is InChI=1S/C13H14Cl2N2OS/c1-7-5-13(6-7,11(16)19)12(18)17-8-2-3-9(14)10(15)4-8/h2-4,7H,5-6H2,1H3,(H2,16,19)(H,17,18). The average Bonchev–Trinajstić information content (AvgIpc) is 2.29. The Morgan fingerprint density at radius 2 is 2.05 bits per heavy atom. The fraction of sp³-hybridized carbons (Fsp3) is 0.385. The Kier molecular flexibility index (Phi) is 4.04. The predicted octanol–water partition coefficient (Wildman–Crippen LogP) is 3.63. The fourth-order valence-electron chi connectivity index (χ4n) is 2.45. The van der Waals surface area contributed by atoms with Crippen molar-refractivity contribution in [2.75, 3.05) is 5.32 Å². The zero-order valence-electron chi connectivity index (χ0n) is 10.4. The first-order valence-electron chi connectivity index (χ1n) is 5.91. The van der Waals surface area contributed by atoms with E-state index in [1.807, 2.05) is 0 Å². The Hall–Kier alpha value is -0.840. The summed E-state index contributed by atoms with van der Waals surface area (Å²) in [6, 6.07) is 4.94. The molecular formula is C13H14Cl2N2OS. The predicted molar refractivity (Wildman–Crippen MR) is 82.7 cm³/mol. The number of anilines is 1. The van der Waals surface area contributed by atoms with Crippen molar-refractivity contribution in [2.24, 2.45) is 17.1 Å². The first kappa shape index (κ1) is 14.6. The van der Waals surface area contributed by atoms with Crippen molar-refractivity contribution in [3.63, 3.8) is 0 Å². The Morgan fingerprint density at radius 3 is 2.53 bits per heavy atom. The number of rotatable bonds is 3. The molecule has 1 amide bonds. The van der Waals surface area contributed by atoms with Gasteiger partial charge in [-0.05, 0) is 37.0 Å². The lowest BCUT2D eigenvalue weighted by Crippen LogP contribution is -2.53. The van der Waals surface area contributed by atoms with Crippen LogP contribution in [0.5, 0.6) is 0 Å². The van der Waals surface area contributed by atoms with Gasteiger partial charge in [0.15, 0.2) is 0 Å². The molecule has 102 valence electrons. The summed E-state index contributed by atoms with van der Waals surface area (Å²) in [4.78, 5) is 12.6. The molecule has 0 unspecified atom stereocenters. The Morgan fingerprint density at radius 1 is 1.42 bits per heavy atom. The van der Waals surface area contributed by atoms with Crippen LogP contribution in [0.3, 0.4) is 0 Å². The maximum absolute atomic E-state index is 12.3. The number of nitrogens with one attached hydrogen (secondary N) is 1. The second kappa shape index (κ2) is 5.27. The first-order valence-corrected chi connectivity index (χ1v) is 7.08. The Balaban J connectivity index is 2.16. The van der Waals surface area contributed by atoms with E-state index in [4.69, 9.17) is 41.2 Å². The summed E-state index contributed by atoms with van der Waals surface area (Å²) in [7, 11) is 0. The van der Waals surface area contributed by atoms with E-state index in [1.54, 1.807) is 18.2 Å². The van der Waals surface area contributed by atoms with Crippen LogP contribution in [-0.4, -0.2) is 10.9 Å². The van der Waals surface area contributed by atoms with Crippen LogP contribution in [0, 0.1) is 11.3 Å². The van der Waals surface area contributed by atoms with E-state index in [0.717, 1.165) is 0 Å². The topological polar surface area (TPSA) is 55.1 Å². The molecule has 1 aliphatic rings. The highest BCUT2D eigenvalue weighted by Gasteiger charge is 2.50. The molecule has 0 saturated heterocycles. The molecule has 0 bridgehead atoms. The molecule has 0 atom stereocenters. The van der Waals surface area contributed by atoms with E-state index >= 15 is 0 Å². The smallest absolute Gasteiger partial charge is 0.237 e. The lowest BCUT2D eigenvalue weighted by atomic mass is 9.62. The molecule has 6 heteroatoms. The summed E-state index contributed by atoms with van der Waals surface area (Å²) < 4.78 is 0. The maximum Gasteiger partial charge on any atom is 0.237 e. The van der Waals surface area contributed by atoms with Gasteiger partial charge in [-0.1, -0.05) is 42.3 Å². The molecule has 1 fully saturated rings. The number of amides is 1. The van der Waals surface area contributed by atoms with Crippen LogP contribution in [-0.2, 0) is 4.79 Å². The monoisotopic (exact) mass is 316 g/mol. The van der Waals surface area contributed by atoms with Crippen LogP contribution in [0.4, 0.5) is 5.69 Å². The Bertz CT molecular complexity index is 541. The summed E-state index contributed by atoms with van der Waals surface area (Å²) in [5.41, 5.74) is 5.60. The van der Waals surface area contributed by atoms with Gasteiger partial charge in [0.1, 0.15) is 0 Å². The first-order chi connectivity index (χ1) is 8.85. The van der Waals surface area contributed by atoms with Gasteiger partial charge in [-0.2, -0.15) is 0 Å². The van der Waals surface area contributed by atoms with Crippen molar-refractivity contribution >= 4 is 52.0 Å². The third kappa shape index (κ3) is 2.71. The number of benzene rings is 1. The molecule has 1 aromatic rings.